The highest BCUT2D eigenvalue weighted by molar-refractivity contribution is 7.09. The summed E-state index contributed by atoms with van der Waals surface area (Å²) >= 11 is 1.65. The Labute approximate surface area is 181 Å². The molecule has 0 aliphatic carbocycles. The van der Waals surface area contributed by atoms with E-state index in [9.17, 15) is 9.59 Å². The van der Waals surface area contributed by atoms with Crippen molar-refractivity contribution in [1.29, 1.82) is 0 Å². The maximum absolute atomic E-state index is 13.1. The van der Waals surface area contributed by atoms with Crippen LogP contribution in [0.5, 0.6) is 5.75 Å². The molecule has 31 heavy (non-hydrogen) atoms. The number of aromatic nitrogens is 3. The SMILES string of the molecule is Cc1cc(C(=O)Nc2ccc3c(c2)NC(=O)C(C)O3)c2cnn(Cc3cccs3)c2n1. The van der Waals surface area contributed by atoms with Crippen LogP contribution in [-0.2, 0) is 11.3 Å². The summed E-state index contributed by atoms with van der Waals surface area (Å²) in [6, 6.07) is 10.9. The Morgan fingerprint density at radius 1 is 1.32 bits per heavy atom. The lowest BCUT2D eigenvalue weighted by molar-refractivity contribution is -0.122. The molecule has 156 valence electrons. The van der Waals surface area contributed by atoms with Crippen LogP contribution in [0.4, 0.5) is 11.4 Å². The number of anilines is 2. The number of nitrogens with one attached hydrogen (secondary N) is 2. The molecular weight excluding hydrogens is 414 g/mol. The van der Waals surface area contributed by atoms with E-state index in [-0.39, 0.29) is 11.8 Å². The molecule has 1 aliphatic heterocycles. The van der Waals surface area contributed by atoms with E-state index in [1.165, 1.54) is 0 Å². The second-order valence-electron chi connectivity index (χ2n) is 7.34. The first-order chi connectivity index (χ1) is 15.0. The molecule has 4 aromatic rings. The van der Waals surface area contributed by atoms with E-state index < -0.39 is 6.10 Å². The first-order valence-electron chi connectivity index (χ1n) is 9.76. The summed E-state index contributed by atoms with van der Waals surface area (Å²) in [5.74, 6) is 0.0743. The summed E-state index contributed by atoms with van der Waals surface area (Å²) in [5, 5.41) is 12.8. The molecule has 0 spiro atoms. The predicted molar refractivity (Wildman–Crippen MR) is 119 cm³/mol. The number of carbonyl (C=O) groups is 2. The maximum atomic E-state index is 13.1. The van der Waals surface area contributed by atoms with Gasteiger partial charge in [-0.15, -0.1) is 11.3 Å². The van der Waals surface area contributed by atoms with E-state index in [0.29, 0.717) is 40.3 Å². The standard InChI is InChI=1S/C22H19N5O3S/c1-12-8-16(17-10-23-27(20(17)24-12)11-15-4-3-7-31-15)22(29)25-14-5-6-19-18(9-14)26-21(28)13(2)30-19/h3-10,13H,11H2,1-2H3,(H,25,29)(H,26,28). The maximum Gasteiger partial charge on any atom is 0.265 e. The number of hydrogen-bond donors (Lipinski definition) is 2. The van der Waals surface area contributed by atoms with Crippen molar-refractivity contribution in [2.24, 2.45) is 0 Å². The Bertz CT molecular complexity index is 1310. The summed E-state index contributed by atoms with van der Waals surface area (Å²) in [5.41, 5.74) is 2.97. The average Bonchev–Trinajstić information content (AvgIpc) is 3.39. The minimum Gasteiger partial charge on any atom is -0.479 e. The molecule has 1 aromatic carbocycles. The van der Waals surface area contributed by atoms with Crippen LogP contribution in [0.25, 0.3) is 11.0 Å². The van der Waals surface area contributed by atoms with Gasteiger partial charge in [-0.2, -0.15) is 5.10 Å². The van der Waals surface area contributed by atoms with Gasteiger partial charge in [0.05, 0.1) is 29.4 Å². The molecular formula is C22H19N5O3S. The van der Waals surface area contributed by atoms with Crippen LogP contribution in [0.2, 0.25) is 0 Å². The molecule has 2 N–H and O–H groups in total. The van der Waals surface area contributed by atoms with Crippen molar-refractivity contribution in [3.05, 3.63) is 64.1 Å². The minimum absolute atomic E-state index is 0.222. The molecule has 8 nitrogen and oxygen atoms in total. The monoisotopic (exact) mass is 433 g/mol. The van der Waals surface area contributed by atoms with Crippen LogP contribution in [-0.4, -0.2) is 32.7 Å². The van der Waals surface area contributed by atoms with Crippen LogP contribution in [0.15, 0.2) is 48.0 Å². The van der Waals surface area contributed by atoms with Crippen molar-refractivity contribution in [2.75, 3.05) is 10.6 Å². The van der Waals surface area contributed by atoms with Gasteiger partial charge in [0.25, 0.3) is 11.8 Å². The number of fused-ring (bicyclic) bond motifs is 2. The molecule has 1 aliphatic rings. The number of thiophene rings is 1. The van der Waals surface area contributed by atoms with Gasteiger partial charge in [0, 0.05) is 16.3 Å². The number of hydrogen-bond acceptors (Lipinski definition) is 6. The lowest BCUT2D eigenvalue weighted by Gasteiger charge is -2.23. The van der Waals surface area contributed by atoms with Gasteiger partial charge >= 0.3 is 0 Å². The molecule has 0 fully saturated rings. The van der Waals surface area contributed by atoms with Crippen LogP contribution >= 0.6 is 11.3 Å². The smallest absolute Gasteiger partial charge is 0.265 e. The van der Waals surface area contributed by atoms with E-state index in [1.807, 2.05) is 24.4 Å². The van der Waals surface area contributed by atoms with Crippen LogP contribution < -0.4 is 15.4 Å². The quantitative estimate of drug-likeness (QED) is 0.510. The fourth-order valence-corrected chi connectivity index (χ4v) is 4.20. The van der Waals surface area contributed by atoms with E-state index in [0.717, 1.165) is 10.6 Å². The molecule has 4 heterocycles. The van der Waals surface area contributed by atoms with Gasteiger partial charge in [-0.1, -0.05) is 6.07 Å². The van der Waals surface area contributed by atoms with Gasteiger partial charge in [0.2, 0.25) is 0 Å². The van der Waals surface area contributed by atoms with Crippen LogP contribution in [0.1, 0.15) is 27.9 Å². The number of amides is 2. The number of carbonyl (C=O) groups excluding carboxylic acids is 2. The van der Waals surface area contributed by atoms with Crippen molar-refractivity contribution in [1.82, 2.24) is 14.8 Å². The van der Waals surface area contributed by atoms with E-state index >= 15 is 0 Å². The van der Waals surface area contributed by atoms with Crippen molar-refractivity contribution < 1.29 is 14.3 Å². The Kier molecular flexibility index (Phi) is 4.67. The summed E-state index contributed by atoms with van der Waals surface area (Å²) < 4.78 is 7.37. The molecule has 0 bridgehead atoms. The minimum atomic E-state index is -0.549. The zero-order valence-electron chi connectivity index (χ0n) is 16.9. The fraction of sp³-hybridized carbons (Fsp3) is 0.182. The van der Waals surface area contributed by atoms with Gasteiger partial charge in [-0.25, -0.2) is 9.67 Å². The normalized spacial score (nSPS) is 15.3. The second kappa shape index (κ2) is 7.51. The Morgan fingerprint density at radius 2 is 2.19 bits per heavy atom. The molecule has 1 unspecified atom stereocenters. The highest BCUT2D eigenvalue weighted by atomic mass is 32.1. The molecule has 2 amide bonds. The third-order valence-electron chi connectivity index (χ3n) is 5.04. The van der Waals surface area contributed by atoms with E-state index in [4.69, 9.17) is 4.74 Å². The molecule has 9 heteroatoms. The molecule has 0 radical (unpaired) electrons. The number of aryl methyl sites for hydroxylation is 1. The highest BCUT2D eigenvalue weighted by Gasteiger charge is 2.24. The first-order valence-corrected chi connectivity index (χ1v) is 10.6. The number of ether oxygens (including phenoxy) is 1. The van der Waals surface area contributed by atoms with Gasteiger partial charge in [0.1, 0.15) is 5.75 Å². The van der Waals surface area contributed by atoms with Crippen molar-refractivity contribution >= 4 is 45.6 Å². The fourth-order valence-electron chi connectivity index (χ4n) is 3.51. The molecule has 5 rings (SSSR count). The van der Waals surface area contributed by atoms with Gasteiger partial charge < -0.3 is 15.4 Å². The Morgan fingerprint density at radius 3 is 3.00 bits per heavy atom. The predicted octanol–water partition coefficient (Wildman–Crippen LogP) is 3.82. The van der Waals surface area contributed by atoms with Gasteiger partial charge in [0.15, 0.2) is 11.8 Å². The molecule has 3 aromatic heterocycles. The zero-order valence-corrected chi connectivity index (χ0v) is 17.7. The topological polar surface area (TPSA) is 98.1 Å². The highest BCUT2D eigenvalue weighted by Crippen LogP contribution is 2.32. The number of rotatable bonds is 4. The van der Waals surface area contributed by atoms with E-state index in [1.54, 1.807) is 53.4 Å². The summed E-state index contributed by atoms with van der Waals surface area (Å²) in [7, 11) is 0. The number of nitrogens with zero attached hydrogens (tertiary/aromatic N) is 3. The Hall–Kier alpha value is -3.72. The molecule has 1 atom stereocenters. The molecule has 0 saturated carbocycles. The third kappa shape index (κ3) is 3.64. The van der Waals surface area contributed by atoms with Crippen molar-refractivity contribution in [3.63, 3.8) is 0 Å². The Balaban J connectivity index is 1.44. The lowest BCUT2D eigenvalue weighted by atomic mass is 10.1. The van der Waals surface area contributed by atoms with Crippen LogP contribution in [0.3, 0.4) is 0 Å². The van der Waals surface area contributed by atoms with Crippen LogP contribution in [0, 0.1) is 6.92 Å². The average molecular weight is 433 g/mol. The third-order valence-corrected chi connectivity index (χ3v) is 5.90. The second-order valence-corrected chi connectivity index (χ2v) is 8.38. The van der Waals surface area contributed by atoms with Gasteiger partial charge in [-0.3, -0.25) is 9.59 Å². The zero-order chi connectivity index (χ0) is 21.5. The molecule has 0 saturated heterocycles. The van der Waals surface area contributed by atoms with Crippen molar-refractivity contribution in [3.8, 4) is 5.75 Å². The van der Waals surface area contributed by atoms with Gasteiger partial charge in [-0.05, 0) is 49.6 Å². The first kappa shape index (κ1) is 19.3. The lowest BCUT2D eigenvalue weighted by Crippen LogP contribution is -2.34. The van der Waals surface area contributed by atoms with Crippen molar-refractivity contribution in [2.45, 2.75) is 26.5 Å². The largest absolute Gasteiger partial charge is 0.479 e. The summed E-state index contributed by atoms with van der Waals surface area (Å²) in [6.07, 6.45) is 1.12. The van der Waals surface area contributed by atoms with E-state index in [2.05, 4.69) is 20.7 Å². The number of benzene rings is 1. The number of pyridine rings is 1. The summed E-state index contributed by atoms with van der Waals surface area (Å²) in [6.45, 7) is 4.14. The summed E-state index contributed by atoms with van der Waals surface area (Å²) in [4.78, 5) is 30.7.